The van der Waals surface area contributed by atoms with Gasteiger partial charge in [0.25, 0.3) is 0 Å². The molecule has 13 heavy (non-hydrogen) atoms. The zero-order valence-corrected chi connectivity index (χ0v) is 7.58. The maximum Gasteiger partial charge on any atom is 0.163 e. The molecule has 0 fully saturated rings. The number of allylic oxidation sites excluding steroid dienone is 1. The van der Waals surface area contributed by atoms with Crippen LogP contribution in [-0.2, 0) is 6.42 Å². The van der Waals surface area contributed by atoms with E-state index in [1.165, 1.54) is 6.92 Å². The van der Waals surface area contributed by atoms with E-state index in [1.54, 1.807) is 24.3 Å². The third-order valence-electron chi connectivity index (χ3n) is 1.86. The summed E-state index contributed by atoms with van der Waals surface area (Å²) in [5.41, 5.74) is 1.11. The van der Waals surface area contributed by atoms with E-state index in [-0.39, 0.29) is 11.5 Å². The minimum atomic E-state index is -0.122. The lowest BCUT2D eigenvalue weighted by atomic mass is 10.0. The van der Waals surface area contributed by atoms with Gasteiger partial charge in [-0.25, -0.2) is 0 Å². The predicted molar refractivity (Wildman–Crippen MR) is 52.0 cm³/mol. The SMILES string of the molecule is C=CCc1cccc(C(C)=O)c1O. The van der Waals surface area contributed by atoms with E-state index < -0.39 is 0 Å². The molecule has 0 bridgehead atoms. The summed E-state index contributed by atoms with van der Waals surface area (Å²) < 4.78 is 0. The number of phenolic OH excluding ortho intramolecular Hbond substituents is 1. The molecule has 1 N–H and O–H groups in total. The summed E-state index contributed by atoms with van der Waals surface area (Å²) >= 11 is 0. The van der Waals surface area contributed by atoms with Gasteiger partial charge in [0, 0.05) is 0 Å². The van der Waals surface area contributed by atoms with E-state index in [4.69, 9.17) is 0 Å². The van der Waals surface area contributed by atoms with Crippen LogP contribution < -0.4 is 0 Å². The van der Waals surface area contributed by atoms with E-state index in [1.807, 2.05) is 0 Å². The minimum absolute atomic E-state index is 0.0786. The highest BCUT2D eigenvalue weighted by molar-refractivity contribution is 5.97. The van der Waals surface area contributed by atoms with Gasteiger partial charge in [-0.15, -0.1) is 6.58 Å². The molecule has 1 aromatic carbocycles. The summed E-state index contributed by atoms with van der Waals surface area (Å²) in [5.74, 6) is -0.0432. The van der Waals surface area contributed by atoms with Gasteiger partial charge in [-0.2, -0.15) is 0 Å². The number of para-hydroxylation sites is 1. The standard InChI is InChI=1S/C11H12O2/c1-3-5-9-6-4-7-10(8(2)12)11(9)13/h3-4,6-7,13H,1,5H2,2H3. The molecule has 0 saturated heterocycles. The number of Topliss-reactive ketones (excluding diaryl/α,β-unsaturated/α-hetero) is 1. The fourth-order valence-corrected chi connectivity index (χ4v) is 1.20. The number of phenols is 1. The topological polar surface area (TPSA) is 37.3 Å². The number of ketones is 1. The van der Waals surface area contributed by atoms with Gasteiger partial charge >= 0.3 is 0 Å². The second-order valence-corrected chi connectivity index (χ2v) is 2.86. The van der Waals surface area contributed by atoms with Crippen LogP contribution in [0.3, 0.4) is 0 Å². The second-order valence-electron chi connectivity index (χ2n) is 2.86. The van der Waals surface area contributed by atoms with Crippen LogP contribution in [0.25, 0.3) is 0 Å². The van der Waals surface area contributed by atoms with Crippen molar-refractivity contribution in [1.82, 2.24) is 0 Å². The first-order valence-corrected chi connectivity index (χ1v) is 4.09. The molecular formula is C11H12O2. The number of rotatable bonds is 3. The Kier molecular flexibility index (Phi) is 2.85. The van der Waals surface area contributed by atoms with Crippen molar-refractivity contribution in [3.05, 3.63) is 42.0 Å². The Hall–Kier alpha value is -1.57. The highest BCUT2D eigenvalue weighted by Crippen LogP contribution is 2.23. The lowest BCUT2D eigenvalue weighted by Crippen LogP contribution is -1.95. The molecule has 0 atom stereocenters. The number of benzene rings is 1. The quantitative estimate of drug-likeness (QED) is 0.567. The molecule has 0 aromatic heterocycles. The Morgan fingerprint density at radius 1 is 1.62 bits per heavy atom. The Morgan fingerprint density at radius 3 is 2.85 bits per heavy atom. The van der Waals surface area contributed by atoms with Crippen LogP contribution in [0.15, 0.2) is 30.9 Å². The fraction of sp³-hybridized carbons (Fsp3) is 0.182. The Balaban J connectivity index is 3.17. The van der Waals surface area contributed by atoms with Gasteiger partial charge in [-0.05, 0) is 25.0 Å². The van der Waals surface area contributed by atoms with Crippen molar-refractivity contribution in [1.29, 1.82) is 0 Å². The highest BCUT2D eigenvalue weighted by Gasteiger charge is 2.08. The lowest BCUT2D eigenvalue weighted by Gasteiger charge is -2.04. The first kappa shape index (κ1) is 9.52. The maximum absolute atomic E-state index is 11.0. The summed E-state index contributed by atoms with van der Waals surface area (Å²) in [6.45, 7) is 5.01. The Labute approximate surface area is 77.5 Å². The molecule has 0 aliphatic carbocycles. The molecule has 0 heterocycles. The third-order valence-corrected chi connectivity index (χ3v) is 1.86. The monoisotopic (exact) mass is 176 g/mol. The zero-order valence-electron chi connectivity index (χ0n) is 7.58. The van der Waals surface area contributed by atoms with Crippen molar-refractivity contribution in [3.63, 3.8) is 0 Å². The van der Waals surface area contributed by atoms with Crippen LogP contribution in [0.2, 0.25) is 0 Å². The predicted octanol–water partition coefficient (Wildman–Crippen LogP) is 2.32. The second kappa shape index (κ2) is 3.90. The van der Waals surface area contributed by atoms with Gasteiger partial charge in [0.05, 0.1) is 5.56 Å². The largest absolute Gasteiger partial charge is 0.507 e. The number of aromatic hydroxyl groups is 1. The first-order chi connectivity index (χ1) is 6.16. The average Bonchev–Trinajstić information content (AvgIpc) is 2.08. The molecule has 2 nitrogen and oxygen atoms in total. The first-order valence-electron chi connectivity index (χ1n) is 4.09. The van der Waals surface area contributed by atoms with Crippen LogP contribution >= 0.6 is 0 Å². The highest BCUT2D eigenvalue weighted by atomic mass is 16.3. The lowest BCUT2D eigenvalue weighted by molar-refractivity contribution is 0.101. The number of carbonyl (C=O) groups excluding carboxylic acids is 1. The van der Waals surface area contributed by atoms with Crippen LogP contribution in [0.4, 0.5) is 0 Å². The van der Waals surface area contributed by atoms with E-state index in [2.05, 4.69) is 6.58 Å². The van der Waals surface area contributed by atoms with Crippen molar-refractivity contribution in [2.45, 2.75) is 13.3 Å². The van der Waals surface area contributed by atoms with E-state index >= 15 is 0 Å². The molecular weight excluding hydrogens is 164 g/mol. The Bertz CT molecular complexity index is 340. The van der Waals surface area contributed by atoms with Crippen molar-refractivity contribution >= 4 is 5.78 Å². The molecule has 0 aliphatic rings. The summed E-state index contributed by atoms with van der Waals surface area (Å²) in [4.78, 5) is 11.0. The average molecular weight is 176 g/mol. The van der Waals surface area contributed by atoms with E-state index in [9.17, 15) is 9.90 Å². The van der Waals surface area contributed by atoms with Crippen molar-refractivity contribution in [2.24, 2.45) is 0 Å². The summed E-state index contributed by atoms with van der Waals surface area (Å²) in [7, 11) is 0. The van der Waals surface area contributed by atoms with Gasteiger partial charge in [0.15, 0.2) is 5.78 Å². The van der Waals surface area contributed by atoms with Gasteiger partial charge in [0.1, 0.15) is 5.75 Å². The smallest absolute Gasteiger partial charge is 0.163 e. The fourth-order valence-electron chi connectivity index (χ4n) is 1.20. The van der Waals surface area contributed by atoms with Crippen LogP contribution in [0.1, 0.15) is 22.8 Å². The molecule has 68 valence electrons. The van der Waals surface area contributed by atoms with Crippen LogP contribution in [0.5, 0.6) is 5.75 Å². The molecule has 0 aliphatic heterocycles. The molecule has 2 heteroatoms. The molecule has 0 amide bonds. The van der Waals surface area contributed by atoms with Crippen molar-refractivity contribution in [3.8, 4) is 5.75 Å². The summed E-state index contributed by atoms with van der Waals surface area (Å²) in [6.07, 6.45) is 2.27. The van der Waals surface area contributed by atoms with Gasteiger partial charge in [-0.1, -0.05) is 18.2 Å². The van der Waals surface area contributed by atoms with Crippen molar-refractivity contribution < 1.29 is 9.90 Å². The summed E-state index contributed by atoms with van der Waals surface area (Å²) in [6, 6.07) is 5.16. The van der Waals surface area contributed by atoms with E-state index in [0.717, 1.165) is 5.56 Å². The molecule has 1 aromatic rings. The van der Waals surface area contributed by atoms with E-state index in [0.29, 0.717) is 12.0 Å². The van der Waals surface area contributed by atoms with Crippen LogP contribution in [0, 0.1) is 0 Å². The van der Waals surface area contributed by atoms with Gasteiger partial charge < -0.3 is 5.11 Å². The number of carbonyl (C=O) groups is 1. The van der Waals surface area contributed by atoms with Gasteiger partial charge in [-0.3, -0.25) is 4.79 Å². The molecule has 1 rings (SSSR count). The third kappa shape index (κ3) is 1.96. The zero-order chi connectivity index (χ0) is 9.84. The minimum Gasteiger partial charge on any atom is -0.507 e. The molecule has 0 spiro atoms. The van der Waals surface area contributed by atoms with Crippen LogP contribution in [-0.4, -0.2) is 10.9 Å². The maximum atomic E-state index is 11.0. The van der Waals surface area contributed by atoms with Crippen molar-refractivity contribution in [2.75, 3.05) is 0 Å². The molecule has 0 saturated carbocycles. The molecule has 0 radical (unpaired) electrons. The number of hydrogen-bond donors (Lipinski definition) is 1. The number of hydrogen-bond acceptors (Lipinski definition) is 2. The normalized spacial score (nSPS) is 9.62. The summed E-state index contributed by atoms with van der Waals surface area (Å²) in [5, 5.41) is 9.62. The Morgan fingerprint density at radius 2 is 2.31 bits per heavy atom. The molecule has 0 unspecified atom stereocenters. The van der Waals surface area contributed by atoms with Gasteiger partial charge in [0.2, 0.25) is 0 Å².